The molecule has 8 nitrogen and oxygen atoms in total. The van der Waals surface area contributed by atoms with Crippen molar-refractivity contribution in [2.75, 3.05) is 31.7 Å². The molecule has 1 fully saturated rings. The van der Waals surface area contributed by atoms with E-state index in [4.69, 9.17) is 14.0 Å². The molecule has 8 heteroatoms. The van der Waals surface area contributed by atoms with Crippen molar-refractivity contribution in [3.8, 4) is 17.0 Å². The standard InChI is InChI=1S/C20H22N4O4/c1-3-27-20(25)14-7-5-9-24(11-14)18-16-17(23-28-19(16)22-12-21-18)13-6-4-8-15(10-13)26-2/h4,6,8,10,12,14H,3,5,7,9,11H2,1-2H3/t14-/m1/s1. The van der Waals surface area contributed by atoms with Gasteiger partial charge in [0.1, 0.15) is 29.0 Å². The minimum atomic E-state index is -0.168. The lowest BCUT2D eigenvalue weighted by Crippen LogP contribution is -2.40. The summed E-state index contributed by atoms with van der Waals surface area (Å²) in [6, 6.07) is 7.60. The summed E-state index contributed by atoms with van der Waals surface area (Å²) < 4.78 is 16.0. The number of fused-ring (bicyclic) bond motifs is 1. The molecule has 3 aromatic rings. The number of hydrogen-bond acceptors (Lipinski definition) is 8. The second-order valence-corrected chi connectivity index (χ2v) is 6.68. The molecule has 0 amide bonds. The van der Waals surface area contributed by atoms with E-state index >= 15 is 0 Å². The average molecular weight is 382 g/mol. The zero-order valence-electron chi connectivity index (χ0n) is 15.9. The Bertz CT molecular complexity index is 987. The van der Waals surface area contributed by atoms with Crippen LogP contribution in [0.2, 0.25) is 0 Å². The second kappa shape index (κ2) is 7.84. The number of carbonyl (C=O) groups excluding carboxylic acids is 1. The molecule has 0 spiro atoms. The highest BCUT2D eigenvalue weighted by Crippen LogP contribution is 2.35. The number of benzene rings is 1. The maximum Gasteiger partial charge on any atom is 0.310 e. The number of methoxy groups -OCH3 is 1. The van der Waals surface area contributed by atoms with Gasteiger partial charge in [-0.2, -0.15) is 4.98 Å². The van der Waals surface area contributed by atoms with Gasteiger partial charge in [-0.15, -0.1) is 0 Å². The van der Waals surface area contributed by atoms with Crippen LogP contribution >= 0.6 is 0 Å². The van der Waals surface area contributed by atoms with Gasteiger partial charge in [-0.25, -0.2) is 4.98 Å². The Balaban J connectivity index is 1.73. The number of esters is 1. The molecule has 0 saturated carbocycles. The van der Waals surface area contributed by atoms with E-state index in [0.717, 1.165) is 41.9 Å². The summed E-state index contributed by atoms with van der Waals surface area (Å²) in [5.41, 5.74) is 1.93. The summed E-state index contributed by atoms with van der Waals surface area (Å²) in [7, 11) is 1.62. The van der Waals surface area contributed by atoms with Crippen LogP contribution in [0.4, 0.5) is 5.82 Å². The molecule has 0 unspecified atom stereocenters. The van der Waals surface area contributed by atoms with E-state index in [1.807, 2.05) is 31.2 Å². The van der Waals surface area contributed by atoms with Gasteiger partial charge < -0.3 is 18.9 Å². The minimum Gasteiger partial charge on any atom is -0.497 e. The topological polar surface area (TPSA) is 90.6 Å². The van der Waals surface area contributed by atoms with Gasteiger partial charge in [-0.3, -0.25) is 4.79 Å². The van der Waals surface area contributed by atoms with Crippen LogP contribution in [0.15, 0.2) is 35.1 Å². The predicted molar refractivity (Wildman–Crippen MR) is 103 cm³/mol. The number of nitrogens with zero attached hydrogens (tertiary/aromatic N) is 4. The highest BCUT2D eigenvalue weighted by Gasteiger charge is 2.30. The fraction of sp³-hybridized carbons (Fsp3) is 0.400. The number of piperidine rings is 1. The Labute approximate surface area is 162 Å². The Morgan fingerprint density at radius 3 is 3.07 bits per heavy atom. The monoisotopic (exact) mass is 382 g/mol. The lowest BCUT2D eigenvalue weighted by molar-refractivity contribution is -0.148. The molecule has 3 heterocycles. The predicted octanol–water partition coefficient (Wildman–Crippen LogP) is 3.07. The summed E-state index contributed by atoms with van der Waals surface area (Å²) in [6.07, 6.45) is 3.16. The third-order valence-electron chi connectivity index (χ3n) is 4.94. The Morgan fingerprint density at radius 1 is 1.36 bits per heavy atom. The summed E-state index contributed by atoms with van der Waals surface area (Å²) in [6.45, 7) is 3.56. The summed E-state index contributed by atoms with van der Waals surface area (Å²) in [5, 5.41) is 4.97. The maximum atomic E-state index is 12.2. The molecule has 1 aliphatic heterocycles. The van der Waals surface area contributed by atoms with Crippen LogP contribution in [0.5, 0.6) is 5.75 Å². The van der Waals surface area contributed by atoms with Crippen LogP contribution in [0, 0.1) is 5.92 Å². The van der Waals surface area contributed by atoms with Crippen molar-refractivity contribution in [3.63, 3.8) is 0 Å². The van der Waals surface area contributed by atoms with Gasteiger partial charge in [-0.1, -0.05) is 17.3 Å². The van der Waals surface area contributed by atoms with Gasteiger partial charge >= 0.3 is 5.97 Å². The molecule has 146 valence electrons. The summed E-state index contributed by atoms with van der Waals surface area (Å²) in [4.78, 5) is 23.0. The Kier molecular flexibility index (Phi) is 5.10. The molecular weight excluding hydrogens is 360 g/mol. The average Bonchev–Trinajstić information content (AvgIpc) is 3.18. The fourth-order valence-electron chi connectivity index (χ4n) is 3.60. The first kappa shape index (κ1) is 18.2. The van der Waals surface area contributed by atoms with E-state index in [0.29, 0.717) is 24.6 Å². The van der Waals surface area contributed by atoms with E-state index in [2.05, 4.69) is 20.0 Å². The number of ether oxygens (including phenoxy) is 2. The van der Waals surface area contributed by atoms with Gasteiger partial charge in [0, 0.05) is 18.7 Å². The molecule has 1 atom stereocenters. The fourth-order valence-corrected chi connectivity index (χ4v) is 3.60. The van der Waals surface area contributed by atoms with Crippen LogP contribution in [-0.4, -0.2) is 47.9 Å². The molecular formula is C20H22N4O4. The molecule has 28 heavy (non-hydrogen) atoms. The van der Waals surface area contributed by atoms with Gasteiger partial charge in [0.05, 0.1) is 19.6 Å². The van der Waals surface area contributed by atoms with Crippen molar-refractivity contribution < 1.29 is 18.8 Å². The van der Waals surface area contributed by atoms with Gasteiger partial charge in [0.2, 0.25) is 0 Å². The Morgan fingerprint density at radius 2 is 2.25 bits per heavy atom. The lowest BCUT2D eigenvalue weighted by Gasteiger charge is -2.32. The molecule has 0 aliphatic carbocycles. The number of aromatic nitrogens is 3. The molecule has 4 rings (SSSR count). The number of rotatable bonds is 5. The minimum absolute atomic E-state index is 0.157. The van der Waals surface area contributed by atoms with Crippen LogP contribution in [0.25, 0.3) is 22.4 Å². The van der Waals surface area contributed by atoms with E-state index < -0.39 is 0 Å². The van der Waals surface area contributed by atoms with E-state index in [1.165, 1.54) is 6.33 Å². The van der Waals surface area contributed by atoms with Crippen molar-refractivity contribution in [2.45, 2.75) is 19.8 Å². The maximum absolute atomic E-state index is 12.2. The first-order valence-electron chi connectivity index (χ1n) is 9.37. The summed E-state index contributed by atoms with van der Waals surface area (Å²) >= 11 is 0. The lowest BCUT2D eigenvalue weighted by atomic mass is 9.98. The first-order valence-corrected chi connectivity index (χ1v) is 9.37. The van der Waals surface area contributed by atoms with Crippen LogP contribution in [0.3, 0.4) is 0 Å². The zero-order valence-corrected chi connectivity index (χ0v) is 15.9. The van der Waals surface area contributed by atoms with Crippen molar-refractivity contribution in [1.29, 1.82) is 0 Å². The van der Waals surface area contributed by atoms with Crippen LogP contribution in [0.1, 0.15) is 19.8 Å². The van der Waals surface area contributed by atoms with Crippen LogP contribution in [-0.2, 0) is 9.53 Å². The number of carbonyl (C=O) groups is 1. The highest BCUT2D eigenvalue weighted by atomic mass is 16.5. The van der Waals surface area contributed by atoms with Crippen molar-refractivity contribution in [3.05, 3.63) is 30.6 Å². The third-order valence-corrected chi connectivity index (χ3v) is 4.94. The SMILES string of the molecule is CCOC(=O)[C@@H]1CCCN(c2ncnc3onc(-c4cccc(OC)c4)c23)C1. The Hall–Kier alpha value is -3.16. The van der Waals surface area contributed by atoms with Crippen molar-refractivity contribution in [1.82, 2.24) is 15.1 Å². The van der Waals surface area contributed by atoms with E-state index in [-0.39, 0.29) is 11.9 Å². The normalized spacial score (nSPS) is 16.9. The van der Waals surface area contributed by atoms with Crippen molar-refractivity contribution in [2.24, 2.45) is 5.92 Å². The van der Waals surface area contributed by atoms with Crippen molar-refractivity contribution >= 4 is 22.9 Å². The first-order chi connectivity index (χ1) is 13.7. The summed E-state index contributed by atoms with van der Waals surface area (Å²) in [5.74, 6) is 1.13. The molecule has 2 aromatic heterocycles. The smallest absolute Gasteiger partial charge is 0.310 e. The second-order valence-electron chi connectivity index (χ2n) is 6.68. The van der Waals surface area contributed by atoms with Crippen LogP contribution < -0.4 is 9.64 Å². The van der Waals surface area contributed by atoms with Gasteiger partial charge in [-0.05, 0) is 31.9 Å². The third kappa shape index (κ3) is 3.37. The quantitative estimate of drug-likeness (QED) is 0.622. The number of anilines is 1. The highest BCUT2D eigenvalue weighted by molar-refractivity contribution is 5.98. The zero-order chi connectivity index (χ0) is 19.5. The van der Waals surface area contributed by atoms with E-state index in [1.54, 1.807) is 7.11 Å². The van der Waals surface area contributed by atoms with E-state index in [9.17, 15) is 4.79 Å². The molecule has 0 bridgehead atoms. The number of hydrogen-bond donors (Lipinski definition) is 0. The molecule has 1 aromatic carbocycles. The largest absolute Gasteiger partial charge is 0.497 e. The molecule has 1 aliphatic rings. The molecule has 0 N–H and O–H groups in total. The molecule has 0 radical (unpaired) electrons. The van der Waals surface area contributed by atoms with Gasteiger partial charge in [0.25, 0.3) is 5.71 Å². The molecule has 1 saturated heterocycles. The van der Waals surface area contributed by atoms with Gasteiger partial charge in [0.15, 0.2) is 0 Å².